The molecule has 1 aliphatic heterocycles. The molecule has 0 bridgehead atoms. The Bertz CT molecular complexity index is 707. The SMILES string of the molecule is CN(C)C(=O)N(C)C1CCN(c2nc3ccc(F)cc3o2)CC1. The van der Waals surface area contributed by atoms with Gasteiger partial charge in [0.15, 0.2) is 5.58 Å². The van der Waals surface area contributed by atoms with Gasteiger partial charge in [-0.1, -0.05) is 0 Å². The highest BCUT2D eigenvalue weighted by Gasteiger charge is 2.28. The molecule has 0 saturated carbocycles. The Morgan fingerprint density at radius 1 is 1.30 bits per heavy atom. The lowest BCUT2D eigenvalue weighted by Crippen LogP contribution is -2.48. The Hall–Kier alpha value is -2.31. The Morgan fingerprint density at radius 3 is 2.65 bits per heavy atom. The maximum atomic E-state index is 13.2. The van der Waals surface area contributed by atoms with Crippen LogP contribution >= 0.6 is 0 Å². The molecule has 1 fully saturated rings. The van der Waals surface area contributed by atoms with Gasteiger partial charge in [-0.05, 0) is 25.0 Å². The molecule has 0 atom stereocenters. The van der Waals surface area contributed by atoms with Crippen molar-refractivity contribution in [1.82, 2.24) is 14.8 Å². The topological polar surface area (TPSA) is 52.8 Å². The fraction of sp³-hybridized carbons (Fsp3) is 0.500. The highest BCUT2D eigenvalue weighted by Crippen LogP contribution is 2.26. The molecule has 1 aromatic heterocycles. The molecule has 3 rings (SSSR count). The smallest absolute Gasteiger partial charge is 0.319 e. The van der Waals surface area contributed by atoms with Crippen molar-refractivity contribution in [3.05, 3.63) is 24.0 Å². The van der Waals surface area contributed by atoms with E-state index < -0.39 is 0 Å². The van der Waals surface area contributed by atoms with Gasteiger partial charge in [0.1, 0.15) is 11.3 Å². The van der Waals surface area contributed by atoms with Gasteiger partial charge in [0, 0.05) is 46.3 Å². The van der Waals surface area contributed by atoms with Crippen molar-refractivity contribution in [3.8, 4) is 0 Å². The van der Waals surface area contributed by atoms with E-state index in [0.29, 0.717) is 17.1 Å². The van der Waals surface area contributed by atoms with Crippen molar-refractivity contribution in [3.63, 3.8) is 0 Å². The first-order chi connectivity index (χ1) is 11.0. The van der Waals surface area contributed by atoms with E-state index in [0.717, 1.165) is 25.9 Å². The second kappa shape index (κ2) is 6.06. The summed E-state index contributed by atoms with van der Waals surface area (Å²) in [5.74, 6) is -0.331. The number of piperidine rings is 1. The Labute approximate surface area is 134 Å². The van der Waals surface area contributed by atoms with Crippen molar-refractivity contribution in [2.45, 2.75) is 18.9 Å². The molecule has 124 valence electrons. The number of rotatable bonds is 2. The minimum atomic E-state index is -0.331. The number of carbonyl (C=O) groups is 1. The van der Waals surface area contributed by atoms with Crippen LogP contribution in [-0.4, -0.2) is 61.1 Å². The number of hydrogen-bond donors (Lipinski definition) is 0. The fourth-order valence-corrected chi connectivity index (χ4v) is 2.94. The third-order valence-electron chi connectivity index (χ3n) is 4.31. The molecular weight excluding hydrogens is 299 g/mol. The first-order valence-corrected chi connectivity index (χ1v) is 7.71. The van der Waals surface area contributed by atoms with Crippen LogP contribution in [0, 0.1) is 5.82 Å². The molecule has 0 unspecified atom stereocenters. The highest BCUT2D eigenvalue weighted by molar-refractivity contribution is 5.75. The summed E-state index contributed by atoms with van der Waals surface area (Å²) < 4.78 is 18.9. The van der Waals surface area contributed by atoms with Gasteiger partial charge in [0.25, 0.3) is 6.01 Å². The van der Waals surface area contributed by atoms with Crippen LogP contribution in [0.25, 0.3) is 11.1 Å². The summed E-state index contributed by atoms with van der Waals surface area (Å²) in [5.41, 5.74) is 1.12. The summed E-state index contributed by atoms with van der Waals surface area (Å²) >= 11 is 0. The predicted octanol–water partition coefficient (Wildman–Crippen LogP) is 2.55. The molecule has 2 aromatic rings. The third-order valence-corrected chi connectivity index (χ3v) is 4.31. The van der Waals surface area contributed by atoms with Crippen molar-refractivity contribution < 1.29 is 13.6 Å². The van der Waals surface area contributed by atoms with E-state index in [9.17, 15) is 9.18 Å². The van der Waals surface area contributed by atoms with Crippen LogP contribution < -0.4 is 4.90 Å². The minimum absolute atomic E-state index is 0.0146. The number of fused-ring (bicyclic) bond motifs is 1. The molecule has 23 heavy (non-hydrogen) atoms. The molecule has 0 N–H and O–H groups in total. The molecule has 0 spiro atoms. The zero-order valence-corrected chi connectivity index (χ0v) is 13.6. The number of oxazole rings is 1. The Kier molecular flexibility index (Phi) is 4.11. The van der Waals surface area contributed by atoms with Crippen molar-refractivity contribution in [2.24, 2.45) is 0 Å². The van der Waals surface area contributed by atoms with Crippen molar-refractivity contribution in [2.75, 3.05) is 39.1 Å². The number of nitrogens with zero attached hydrogens (tertiary/aromatic N) is 4. The number of carbonyl (C=O) groups excluding carboxylic acids is 1. The van der Waals surface area contributed by atoms with E-state index in [1.807, 2.05) is 11.9 Å². The molecule has 0 radical (unpaired) electrons. The van der Waals surface area contributed by atoms with Gasteiger partial charge in [0.2, 0.25) is 0 Å². The number of hydrogen-bond acceptors (Lipinski definition) is 4. The number of amides is 2. The first kappa shape index (κ1) is 15.6. The number of aromatic nitrogens is 1. The van der Waals surface area contributed by atoms with Crippen LogP contribution in [0.4, 0.5) is 15.2 Å². The fourth-order valence-electron chi connectivity index (χ4n) is 2.94. The molecule has 1 saturated heterocycles. The Balaban J connectivity index is 1.67. The molecule has 1 aromatic carbocycles. The van der Waals surface area contributed by atoms with Crippen LogP contribution in [0.2, 0.25) is 0 Å². The molecule has 0 aliphatic carbocycles. The van der Waals surface area contributed by atoms with E-state index in [-0.39, 0.29) is 17.9 Å². The summed E-state index contributed by atoms with van der Waals surface area (Å²) in [5, 5.41) is 0. The summed E-state index contributed by atoms with van der Waals surface area (Å²) in [6, 6.07) is 5.09. The minimum Gasteiger partial charge on any atom is -0.423 e. The van der Waals surface area contributed by atoms with Crippen LogP contribution in [-0.2, 0) is 0 Å². The van der Waals surface area contributed by atoms with Gasteiger partial charge in [-0.3, -0.25) is 0 Å². The zero-order valence-electron chi connectivity index (χ0n) is 13.6. The maximum absolute atomic E-state index is 13.2. The van der Waals surface area contributed by atoms with E-state index in [2.05, 4.69) is 4.98 Å². The highest BCUT2D eigenvalue weighted by atomic mass is 19.1. The molecule has 1 aliphatic rings. The number of urea groups is 1. The maximum Gasteiger partial charge on any atom is 0.319 e. The summed E-state index contributed by atoms with van der Waals surface area (Å²) in [6.45, 7) is 1.51. The van der Waals surface area contributed by atoms with E-state index in [1.165, 1.54) is 12.1 Å². The van der Waals surface area contributed by atoms with Gasteiger partial charge >= 0.3 is 6.03 Å². The summed E-state index contributed by atoms with van der Waals surface area (Å²) in [4.78, 5) is 21.8. The van der Waals surface area contributed by atoms with Crippen molar-refractivity contribution in [1.29, 1.82) is 0 Å². The lowest BCUT2D eigenvalue weighted by atomic mass is 10.0. The second-order valence-electron chi connectivity index (χ2n) is 6.11. The van der Waals surface area contributed by atoms with Gasteiger partial charge in [-0.2, -0.15) is 4.98 Å². The van der Waals surface area contributed by atoms with Gasteiger partial charge in [0.05, 0.1) is 0 Å². The predicted molar refractivity (Wildman–Crippen MR) is 86.0 cm³/mol. The average Bonchev–Trinajstić information content (AvgIpc) is 2.96. The summed E-state index contributed by atoms with van der Waals surface area (Å²) in [6.07, 6.45) is 1.70. The largest absolute Gasteiger partial charge is 0.423 e. The van der Waals surface area contributed by atoms with E-state index in [4.69, 9.17) is 4.42 Å². The zero-order chi connectivity index (χ0) is 16.6. The van der Waals surface area contributed by atoms with Gasteiger partial charge in [-0.25, -0.2) is 9.18 Å². The van der Waals surface area contributed by atoms with Crippen LogP contribution in [0.3, 0.4) is 0 Å². The third kappa shape index (κ3) is 3.09. The van der Waals surface area contributed by atoms with Gasteiger partial charge in [-0.15, -0.1) is 0 Å². The van der Waals surface area contributed by atoms with Gasteiger partial charge < -0.3 is 19.1 Å². The number of benzene rings is 1. The molecule has 2 heterocycles. The summed E-state index contributed by atoms with van der Waals surface area (Å²) in [7, 11) is 5.35. The van der Waals surface area contributed by atoms with E-state index >= 15 is 0 Å². The molecular formula is C16H21FN4O2. The van der Waals surface area contributed by atoms with Crippen LogP contribution in [0.1, 0.15) is 12.8 Å². The lowest BCUT2D eigenvalue weighted by Gasteiger charge is -2.37. The Morgan fingerprint density at radius 2 is 2.00 bits per heavy atom. The second-order valence-corrected chi connectivity index (χ2v) is 6.11. The van der Waals surface area contributed by atoms with Crippen LogP contribution in [0.15, 0.2) is 22.6 Å². The average molecular weight is 320 g/mol. The molecule has 7 heteroatoms. The van der Waals surface area contributed by atoms with E-state index in [1.54, 1.807) is 30.0 Å². The standard InChI is InChI=1S/C16H21FN4O2/c1-19(2)16(22)20(3)12-6-8-21(9-7-12)15-18-13-5-4-11(17)10-14(13)23-15/h4-5,10,12H,6-9H2,1-3H3. The first-order valence-electron chi connectivity index (χ1n) is 7.71. The quantitative estimate of drug-likeness (QED) is 0.853. The number of anilines is 1. The number of halogens is 1. The molecule has 2 amide bonds. The monoisotopic (exact) mass is 320 g/mol. The van der Waals surface area contributed by atoms with Crippen LogP contribution in [0.5, 0.6) is 0 Å². The lowest BCUT2D eigenvalue weighted by molar-refractivity contribution is 0.154. The van der Waals surface area contributed by atoms with Crippen molar-refractivity contribution >= 4 is 23.1 Å². The normalized spacial score (nSPS) is 15.9. The molecule has 6 nitrogen and oxygen atoms in total.